The Bertz CT molecular complexity index is 1010. The van der Waals surface area contributed by atoms with E-state index in [2.05, 4.69) is 9.82 Å². The average Bonchev–Trinajstić information content (AvgIpc) is 3.15. The Kier molecular flexibility index (Phi) is 4.60. The Morgan fingerprint density at radius 2 is 2.04 bits per heavy atom. The van der Waals surface area contributed by atoms with Gasteiger partial charge in [-0.05, 0) is 18.6 Å². The first-order chi connectivity index (χ1) is 11.8. The molecule has 0 amide bonds. The fraction of sp³-hybridized carbons (Fsp3) is 0.125. The zero-order valence-electron chi connectivity index (χ0n) is 13.2. The highest BCUT2D eigenvalue weighted by molar-refractivity contribution is 7.93. The lowest BCUT2D eigenvalue weighted by Crippen LogP contribution is -2.12. The summed E-state index contributed by atoms with van der Waals surface area (Å²) in [6, 6.07) is 10.8. The fourth-order valence-corrected chi connectivity index (χ4v) is 4.78. The number of hydrogen-bond acceptors (Lipinski definition) is 5. The van der Waals surface area contributed by atoms with Crippen LogP contribution in [0.25, 0.3) is 0 Å². The van der Waals surface area contributed by atoms with Crippen molar-refractivity contribution < 1.29 is 18.3 Å². The second-order valence-corrected chi connectivity index (χ2v) is 8.26. The Morgan fingerprint density at radius 3 is 2.68 bits per heavy atom. The number of carboxylic acids is 1. The molecule has 0 atom stereocenters. The van der Waals surface area contributed by atoms with E-state index in [1.54, 1.807) is 17.8 Å². The van der Waals surface area contributed by atoms with Crippen molar-refractivity contribution in [2.24, 2.45) is 0 Å². The van der Waals surface area contributed by atoms with Gasteiger partial charge in [-0.25, -0.2) is 13.2 Å². The molecule has 2 aromatic heterocycles. The van der Waals surface area contributed by atoms with Crippen LogP contribution in [-0.4, -0.2) is 29.3 Å². The zero-order chi connectivity index (χ0) is 18.0. The normalized spacial score (nSPS) is 11.4. The third-order valence-electron chi connectivity index (χ3n) is 3.45. The number of aryl methyl sites for hydroxylation is 1. The lowest BCUT2D eigenvalue weighted by atomic mass is 10.2. The van der Waals surface area contributed by atoms with E-state index in [4.69, 9.17) is 5.11 Å². The zero-order valence-corrected chi connectivity index (χ0v) is 14.8. The summed E-state index contributed by atoms with van der Waals surface area (Å²) in [7, 11) is -3.87. The quantitative estimate of drug-likeness (QED) is 0.688. The van der Waals surface area contributed by atoms with E-state index in [1.807, 2.05) is 30.3 Å². The lowest BCUT2D eigenvalue weighted by Gasteiger charge is -2.05. The lowest BCUT2D eigenvalue weighted by molar-refractivity contribution is 0.0702. The molecule has 2 heterocycles. The number of nitrogens with one attached hydrogen (secondary N) is 1. The van der Waals surface area contributed by atoms with Crippen molar-refractivity contribution in [1.29, 1.82) is 0 Å². The molecule has 25 heavy (non-hydrogen) atoms. The van der Waals surface area contributed by atoms with E-state index in [9.17, 15) is 13.2 Å². The molecule has 0 radical (unpaired) electrons. The Morgan fingerprint density at radius 1 is 1.32 bits per heavy atom. The number of rotatable bonds is 6. The third-order valence-corrected chi connectivity index (χ3v) is 6.12. The molecule has 0 spiro atoms. The fourth-order valence-electron chi connectivity index (χ4n) is 2.32. The van der Waals surface area contributed by atoms with Gasteiger partial charge in [0.25, 0.3) is 10.0 Å². The second kappa shape index (κ2) is 6.69. The molecule has 130 valence electrons. The second-order valence-electron chi connectivity index (χ2n) is 5.35. The van der Waals surface area contributed by atoms with Crippen molar-refractivity contribution in [3.63, 3.8) is 0 Å². The van der Waals surface area contributed by atoms with Crippen LogP contribution in [0, 0.1) is 6.92 Å². The molecule has 0 unspecified atom stereocenters. The molecule has 0 aliphatic rings. The number of nitrogens with zero attached hydrogens (tertiary/aromatic N) is 2. The third kappa shape index (κ3) is 3.89. The number of thiophene rings is 1. The number of benzene rings is 1. The molecule has 0 aliphatic heterocycles. The van der Waals surface area contributed by atoms with Gasteiger partial charge in [0.1, 0.15) is 9.77 Å². The molecule has 0 aliphatic carbocycles. The largest absolute Gasteiger partial charge is 0.477 e. The summed E-state index contributed by atoms with van der Waals surface area (Å²) in [5, 5.41) is 13.1. The highest BCUT2D eigenvalue weighted by atomic mass is 32.2. The van der Waals surface area contributed by atoms with Gasteiger partial charge in [0.15, 0.2) is 0 Å². The van der Waals surface area contributed by atoms with E-state index in [0.29, 0.717) is 17.1 Å². The number of hydrogen-bond donors (Lipinski definition) is 2. The molecule has 0 saturated heterocycles. The minimum absolute atomic E-state index is 0.0161. The van der Waals surface area contributed by atoms with E-state index in [0.717, 1.165) is 16.9 Å². The minimum atomic E-state index is -3.87. The van der Waals surface area contributed by atoms with Gasteiger partial charge in [-0.2, -0.15) is 5.10 Å². The SMILES string of the molecule is Cc1sc(C(=O)O)cc1S(=O)(=O)Nc1cnn(Cc2ccccc2)c1. The first-order valence-corrected chi connectivity index (χ1v) is 9.58. The maximum absolute atomic E-state index is 12.5. The number of carboxylic acid groups (broad SMARTS) is 1. The highest BCUT2D eigenvalue weighted by Crippen LogP contribution is 2.27. The van der Waals surface area contributed by atoms with Crippen LogP contribution in [0.3, 0.4) is 0 Å². The molecule has 0 fully saturated rings. The number of carbonyl (C=O) groups is 1. The molecule has 3 aromatic rings. The summed E-state index contributed by atoms with van der Waals surface area (Å²) in [6.45, 7) is 2.09. The maximum Gasteiger partial charge on any atom is 0.345 e. The van der Waals surface area contributed by atoms with Crippen LogP contribution in [0.4, 0.5) is 5.69 Å². The van der Waals surface area contributed by atoms with Crippen LogP contribution >= 0.6 is 11.3 Å². The number of aromatic nitrogens is 2. The first-order valence-electron chi connectivity index (χ1n) is 7.28. The summed E-state index contributed by atoms with van der Waals surface area (Å²) < 4.78 is 29.0. The van der Waals surface area contributed by atoms with Gasteiger partial charge < -0.3 is 5.11 Å². The van der Waals surface area contributed by atoms with Crippen LogP contribution in [0.5, 0.6) is 0 Å². The van der Waals surface area contributed by atoms with Gasteiger partial charge in [-0.1, -0.05) is 30.3 Å². The van der Waals surface area contributed by atoms with Gasteiger partial charge in [0.2, 0.25) is 0 Å². The van der Waals surface area contributed by atoms with Crippen LogP contribution in [0.2, 0.25) is 0 Å². The van der Waals surface area contributed by atoms with Crippen LogP contribution in [-0.2, 0) is 16.6 Å². The minimum Gasteiger partial charge on any atom is -0.477 e. The van der Waals surface area contributed by atoms with Crippen molar-refractivity contribution >= 4 is 33.0 Å². The number of anilines is 1. The Labute approximate surface area is 148 Å². The van der Waals surface area contributed by atoms with Gasteiger partial charge in [0.05, 0.1) is 18.4 Å². The maximum atomic E-state index is 12.5. The van der Waals surface area contributed by atoms with E-state index in [1.165, 1.54) is 12.3 Å². The molecule has 2 N–H and O–H groups in total. The topological polar surface area (TPSA) is 101 Å². The number of sulfonamides is 1. The van der Waals surface area contributed by atoms with Gasteiger partial charge in [-0.15, -0.1) is 11.3 Å². The highest BCUT2D eigenvalue weighted by Gasteiger charge is 2.22. The van der Waals surface area contributed by atoms with Crippen molar-refractivity contribution in [1.82, 2.24) is 9.78 Å². The van der Waals surface area contributed by atoms with Crippen molar-refractivity contribution in [2.45, 2.75) is 18.4 Å². The smallest absolute Gasteiger partial charge is 0.345 e. The predicted octanol–water partition coefficient (Wildman–Crippen LogP) is 2.80. The molecule has 3 rings (SSSR count). The van der Waals surface area contributed by atoms with Gasteiger partial charge in [-0.3, -0.25) is 9.40 Å². The van der Waals surface area contributed by atoms with E-state index >= 15 is 0 Å². The monoisotopic (exact) mass is 377 g/mol. The van der Waals surface area contributed by atoms with Crippen molar-refractivity contribution in [2.75, 3.05) is 4.72 Å². The molecule has 9 heteroatoms. The molecular formula is C16H15N3O4S2. The summed E-state index contributed by atoms with van der Waals surface area (Å²) in [5.74, 6) is -1.15. The van der Waals surface area contributed by atoms with Gasteiger partial charge >= 0.3 is 5.97 Å². The molecular weight excluding hydrogens is 362 g/mol. The summed E-state index contributed by atoms with van der Waals surface area (Å²) in [6.07, 6.45) is 3.00. The van der Waals surface area contributed by atoms with Crippen molar-refractivity contribution in [3.8, 4) is 0 Å². The first kappa shape index (κ1) is 17.2. The number of aromatic carboxylic acids is 1. The molecule has 7 nitrogen and oxygen atoms in total. The van der Waals surface area contributed by atoms with Crippen LogP contribution in [0.15, 0.2) is 53.7 Å². The summed E-state index contributed by atoms with van der Waals surface area (Å²) in [4.78, 5) is 11.4. The summed E-state index contributed by atoms with van der Waals surface area (Å²) in [5.41, 5.74) is 1.36. The predicted molar refractivity (Wildman–Crippen MR) is 94.6 cm³/mol. The molecule has 0 bridgehead atoms. The average molecular weight is 377 g/mol. The van der Waals surface area contributed by atoms with E-state index < -0.39 is 16.0 Å². The Hall–Kier alpha value is -2.65. The summed E-state index contributed by atoms with van der Waals surface area (Å²) >= 11 is 0.927. The van der Waals surface area contributed by atoms with E-state index in [-0.39, 0.29) is 9.77 Å². The van der Waals surface area contributed by atoms with Crippen LogP contribution < -0.4 is 4.72 Å². The van der Waals surface area contributed by atoms with Crippen LogP contribution in [0.1, 0.15) is 20.1 Å². The Balaban J connectivity index is 1.79. The van der Waals surface area contributed by atoms with Crippen molar-refractivity contribution in [3.05, 3.63) is 64.1 Å². The molecule has 1 aromatic carbocycles. The van der Waals surface area contributed by atoms with Gasteiger partial charge in [0, 0.05) is 11.1 Å². The molecule has 0 saturated carbocycles. The standard InChI is InChI=1S/C16H15N3O4S2/c1-11-15(7-14(24-11)16(20)21)25(22,23)18-13-8-17-19(10-13)9-12-5-3-2-4-6-12/h2-8,10,18H,9H2,1H3,(H,20,21).